The van der Waals surface area contributed by atoms with Gasteiger partial charge in [-0.1, -0.05) is 33.1 Å². The van der Waals surface area contributed by atoms with E-state index >= 15 is 0 Å². The zero-order valence-electron chi connectivity index (χ0n) is 16.0. The van der Waals surface area contributed by atoms with E-state index in [4.69, 9.17) is 0 Å². The molecule has 1 atom stereocenters. The number of amides is 2. The summed E-state index contributed by atoms with van der Waals surface area (Å²) >= 11 is 3.47. The van der Waals surface area contributed by atoms with Crippen LogP contribution in [0.4, 0.5) is 5.69 Å². The Balaban J connectivity index is 1.68. The maximum absolute atomic E-state index is 12.9. The lowest BCUT2D eigenvalue weighted by molar-refractivity contribution is -0.121. The van der Waals surface area contributed by atoms with E-state index in [0.29, 0.717) is 18.7 Å². The highest BCUT2D eigenvalue weighted by Gasteiger charge is 2.29. The van der Waals surface area contributed by atoms with Crippen molar-refractivity contribution in [3.05, 3.63) is 63.1 Å². The number of nitrogens with one attached hydrogen (secondary N) is 1. The summed E-state index contributed by atoms with van der Waals surface area (Å²) in [5.41, 5.74) is 4.73. The van der Waals surface area contributed by atoms with Crippen LogP contribution in [0.5, 0.6) is 0 Å². The molecule has 2 aromatic carbocycles. The standard InChI is InChI=1S/C22H25BrN2O2/c1-14-9-15(2)11-18(10-14)22(27)25-8-4-5-17(13-25)21(26)24-19-6-7-20(23)16(3)12-19/h6-7,9-12,17H,4-5,8,13H2,1-3H3,(H,24,26)/t17-/m1/s1. The van der Waals surface area contributed by atoms with Crippen molar-refractivity contribution in [1.29, 1.82) is 0 Å². The normalized spacial score (nSPS) is 16.9. The van der Waals surface area contributed by atoms with Crippen LogP contribution < -0.4 is 5.32 Å². The van der Waals surface area contributed by atoms with E-state index in [2.05, 4.69) is 27.3 Å². The highest BCUT2D eigenvalue weighted by atomic mass is 79.9. The van der Waals surface area contributed by atoms with E-state index < -0.39 is 0 Å². The molecule has 0 spiro atoms. The lowest BCUT2D eigenvalue weighted by Crippen LogP contribution is -2.43. The Bertz CT molecular complexity index is 858. The summed E-state index contributed by atoms with van der Waals surface area (Å²) in [6.07, 6.45) is 1.64. The lowest BCUT2D eigenvalue weighted by Gasteiger charge is -2.32. The quantitative estimate of drug-likeness (QED) is 0.757. The van der Waals surface area contributed by atoms with Crippen LogP contribution in [0.2, 0.25) is 0 Å². The van der Waals surface area contributed by atoms with Crippen molar-refractivity contribution in [3.8, 4) is 0 Å². The summed E-state index contributed by atoms with van der Waals surface area (Å²) < 4.78 is 1.02. The lowest BCUT2D eigenvalue weighted by atomic mass is 9.96. The number of aryl methyl sites for hydroxylation is 3. The Morgan fingerprint density at radius 3 is 2.44 bits per heavy atom. The van der Waals surface area contributed by atoms with E-state index in [9.17, 15) is 9.59 Å². The Kier molecular flexibility index (Phi) is 6.00. The minimum Gasteiger partial charge on any atom is -0.338 e. The van der Waals surface area contributed by atoms with Crippen LogP contribution in [0.25, 0.3) is 0 Å². The highest BCUT2D eigenvalue weighted by molar-refractivity contribution is 9.10. The molecule has 0 saturated carbocycles. The fourth-order valence-corrected chi connectivity index (χ4v) is 3.87. The fraction of sp³-hybridized carbons (Fsp3) is 0.364. The summed E-state index contributed by atoms with van der Waals surface area (Å²) in [6, 6.07) is 11.7. The predicted octanol–water partition coefficient (Wildman–Crippen LogP) is 4.87. The number of carbonyl (C=O) groups excluding carboxylic acids is 2. The average molecular weight is 429 g/mol. The summed E-state index contributed by atoms with van der Waals surface area (Å²) in [5.74, 6) is -0.189. The molecular formula is C22H25BrN2O2. The van der Waals surface area contributed by atoms with Crippen LogP contribution in [0, 0.1) is 26.7 Å². The van der Waals surface area contributed by atoms with E-state index in [1.807, 2.05) is 56.0 Å². The van der Waals surface area contributed by atoms with Gasteiger partial charge in [-0.15, -0.1) is 0 Å². The SMILES string of the molecule is Cc1cc(C)cc(C(=O)N2CCC[C@@H](C(=O)Nc3ccc(Br)c(C)c3)C2)c1. The first-order chi connectivity index (χ1) is 12.8. The first-order valence-electron chi connectivity index (χ1n) is 9.28. The first-order valence-corrected chi connectivity index (χ1v) is 10.1. The maximum Gasteiger partial charge on any atom is 0.253 e. The van der Waals surface area contributed by atoms with Gasteiger partial charge in [-0.2, -0.15) is 0 Å². The van der Waals surface area contributed by atoms with Crippen LogP contribution in [0.3, 0.4) is 0 Å². The second-order valence-corrected chi connectivity index (χ2v) is 8.27. The molecule has 0 aromatic heterocycles. The number of piperidine rings is 1. The van der Waals surface area contributed by atoms with Gasteiger partial charge in [0.15, 0.2) is 0 Å². The molecule has 2 amide bonds. The molecule has 1 heterocycles. The van der Waals surface area contributed by atoms with Gasteiger partial charge in [-0.3, -0.25) is 9.59 Å². The number of halogens is 1. The highest BCUT2D eigenvalue weighted by Crippen LogP contribution is 2.23. The molecule has 0 radical (unpaired) electrons. The number of hydrogen-bond acceptors (Lipinski definition) is 2. The first kappa shape index (κ1) is 19.6. The summed E-state index contributed by atoms with van der Waals surface area (Å²) in [4.78, 5) is 27.4. The molecule has 3 rings (SSSR count). The van der Waals surface area contributed by atoms with Crippen LogP contribution in [0.1, 0.15) is 39.9 Å². The predicted molar refractivity (Wildman–Crippen MR) is 112 cm³/mol. The molecule has 142 valence electrons. The van der Waals surface area contributed by atoms with Gasteiger partial charge in [0.05, 0.1) is 5.92 Å². The number of nitrogens with zero attached hydrogens (tertiary/aromatic N) is 1. The molecular weight excluding hydrogens is 404 g/mol. The van der Waals surface area contributed by atoms with Crippen LogP contribution >= 0.6 is 15.9 Å². The largest absolute Gasteiger partial charge is 0.338 e. The van der Waals surface area contributed by atoms with Crippen molar-refractivity contribution in [3.63, 3.8) is 0 Å². The summed E-state index contributed by atoms with van der Waals surface area (Å²) in [7, 11) is 0. The van der Waals surface area contributed by atoms with Crippen molar-refractivity contribution in [2.45, 2.75) is 33.6 Å². The molecule has 1 aliphatic rings. The molecule has 0 bridgehead atoms. The summed E-state index contributed by atoms with van der Waals surface area (Å²) in [5, 5.41) is 3.00. The van der Waals surface area contributed by atoms with Crippen molar-refractivity contribution in [1.82, 2.24) is 4.90 Å². The Labute approximate surface area is 169 Å². The number of carbonyl (C=O) groups is 2. The van der Waals surface area contributed by atoms with Crippen LogP contribution in [0.15, 0.2) is 40.9 Å². The van der Waals surface area contributed by atoms with Gasteiger partial charge in [0.2, 0.25) is 5.91 Å². The molecule has 27 heavy (non-hydrogen) atoms. The second-order valence-electron chi connectivity index (χ2n) is 7.42. The molecule has 0 unspecified atom stereocenters. The van der Waals surface area contributed by atoms with Gasteiger partial charge in [-0.05, 0) is 69.5 Å². The van der Waals surface area contributed by atoms with Crippen molar-refractivity contribution < 1.29 is 9.59 Å². The van der Waals surface area contributed by atoms with Gasteiger partial charge in [0.1, 0.15) is 0 Å². The van der Waals surface area contributed by atoms with E-state index in [1.54, 1.807) is 0 Å². The third-order valence-corrected chi connectivity index (χ3v) is 5.86. The zero-order chi connectivity index (χ0) is 19.6. The third kappa shape index (κ3) is 4.78. The summed E-state index contributed by atoms with van der Waals surface area (Å²) in [6.45, 7) is 7.15. The molecule has 0 aliphatic carbocycles. The Morgan fingerprint density at radius 1 is 1.07 bits per heavy atom. The van der Waals surface area contributed by atoms with Crippen LogP contribution in [-0.4, -0.2) is 29.8 Å². The molecule has 4 nitrogen and oxygen atoms in total. The van der Waals surface area contributed by atoms with Gasteiger partial charge in [0.25, 0.3) is 5.91 Å². The second kappa shape index (κ2) is 8.26. The molecule has 1 saturated heterocycles. The molecule has 1 aliphatic heterocycles. The zero-order valence-corrected chi connectivity index (χ0v) is 17.6. The third-order valence-electron chi connectivity index (χ3n) is 4.97. The van der Waals surface area contributed by atoms with Gasteiger partial charge in [0, 0.05) is 28.8 Å². The minimum atomic E-state index is -0.183. The number of likely N-dealkylation sites (tertiary alicyclic amines) is 1. The van der Waals surface area contributed by atoms with Gasteiger partial charge < -0.3 is 10.2 Å². The van der Waals surface area contributed by atoms with E-state index in [1.165, 1.54) is 0 Å². The molecule has 1 fully saturated rings. The van der Waals surface area contributed by atoms with Crippen LogP contribution in [-0.2, 0) is 4.79 Å². The van der Waals surface area contributed by atoms with E-state index in [-0.39, 0.29) is 17.7 Å². The fourth-order valence-electron chi connectivity index (χ4n) is 3.62. The van der Waals surface area contributed by atoms with Gasteiger partial charge in [-0.25, -0.2) is 0 Å². The molecule has 2 aromatic rings. The average Bonchev–Trinajstić information content (AvgIpc) is 2.63. The minimum absolute atomic E-state index is 0.0128. The van der Waals surface area contributed by atoms with Crippen molar-refractivity contribution in [2.75, 3.05) is 18.4 Å². The maximum atomic E-state index is 12.9. The topological polar surface area (TPSA) is 49.4 Å². The number of hydrogen-bond donors (Lipinski definition) is 1. The number of rotatable bonds is 3. The Hall–Kier alpha value is -2.14. The van der Waals surface area contributed by atoms with Gasteiger partial charge >= 0.3 is 0 Å². The smallest absolute Gasteiger partial charge is 0.253 e. The van der Waals surface area contributed by atoms with Crippen molar-refractivity contribution >= 4 is 33.4 Å². The number of benzene rings is 2. The Morgan fingerprint density at radius 2 is 1.78 bits per heavy atom. The number of anilines is 1. The molecule has 1 N–H and O–H groups in total. The monoisotopic (exact) mass is 428 g/mol. The molecule has 5 heteroatoms. The van der Waals surface area contributed by atoms with Crippen molar-refractivity contribution in [2.24, 2.45) is 5.92 Å². The van der Waals surface area contributed by atoms with E-state index in [0.717, 1.165) is 39.7 Å².